The highest BCUT2D eigenvalue weighted by Gasteiger charge is 2.47. The van der Waals surface area contributed by atoms with Gasteiger partial charge >= 0.3 is 12.2 Å². The number of hydrogen-bond acceptors (Lipinski definition) is 12. The highest BCUT2D eigenvalue weighted by molar-refractivity contribution is 7.11. The number of nitrogens with one attached hydrogen (secondary N) is 4. The zero-order chi connectivity index (χ0) is 52.6. The van der Waals surface area contributed by atoms with Gasteiger partial charge in [0.15, 0.2) is 0 Å². The van der Waals surface area contributed by atoms with Crippen molar-refractivity contribution in [3.8, 4) is 39.5 Å². The summed E-state index contributed by atoms with van der Waals surface area (Å²) in [4.78, 5) is 79.5. The number of rotatable bonds is 12. The molecule has 75 heavy (non-hydrogen) atoms. The molecule has 4 amide bonds. The van der Waals surface area contributed by atoms with Crippen molar-refractivity contribution in [3.05, 3.63) is 82.3 Å². The maximum atomic E-state index is 17.0. The number of alkyl carbamates (subject to hydrolysis) is 2. The molecule has 10 atom stereocenters. The molecule has 3 saturated heterocycles. The van der Waals surface area contributed by atoms with Crippen LogP contribution in [-0.2, 0) is 23.8 Å². The molecule has 3 unspecified atom stereocenters. The molecule has 4 aliphatic heterocycles. The number of carbonyl (C=O) groups is 4. The molecule has 6 aromatic rings. The van der Waals surface area contributed by atoms with Gasteiger partial charge in [0.2, 0.25) is 18.0 Å². The Balaban J connectivity index is 0.905. The van der Waals surface area contributed by atoms with Gasteiger partial charge in [0.05, 0.1) is 89.0 Å². The van der Waals surface area contributed by atoms with Gasteiger partial charge in [-0.25, -0.2) is 28.9 Å². The lowest BCUT2D eigenvalue weighted by Crippen LogP contribution is -2.55. The van der Waals surface area contributed by atoms with Crippen LogP contribution in [0.5, 0.6) is 5.75 Å². The molecule has 8 heterocycles. The van der Waals surface area contributed by atoms with E-state index in [0.29, 0.717) is 78.1 Å². The van der Waals surface area contributed by atoms with E-state index < -0.39 is 36.3 Å². The third kappa shape index (κ3) is 9.41. The van der Waals surface area contributed by atoms with E-state index in [0.717, 1.165) is 51.3 Å². The Morgan fingerprint density at radius 1 is 0.813 bits per heavy atom. The minimum absolute atomic E-state index is 0.0647. The number of aromatic amines is 2. The topological polar surface area (TPSA) is 211 Å². The molecule has 4 N–H and O–H groups in total. The highest BCUT2D eigenvalue weighted by Crippen LogP contribution is 2.50. The summed E-state index contributed by atoms with van der Waals surface area (Å²) >= 11 is 1.62. The van der Waals surface area contributed by atoms with E-state index in [1.54, 1.807) is 28.6 Å². The van der Waals surface area contributed by atoms with Crippen LogP contribution in [0.2, 0.25) is 0 Å². The maximum Gasteiger partial charge on any atom is 0.407 e. The van der Waals surface area contributed by atoms with Gasteiger partial charge in [-0.15, -0.1) is 11.3 Å². The second kappa shape index (κ2) is 20.0. The molecule has 20 heteroatoms. The first-order chi connectivity index (χ1) is 36.1. The number of nitrogens with zero attached hydrogens (tertiary/aromatic N) is 6. The number of aromatic nitrogens is 6. The van der Waals surface area contributed by atoms with Crippen LogP contribution in [0.1, 0.15) is 132 Å². The fourth-order valence-electron chi connectivity index (χ4n) is 12.0. The van der Waals surface area contributed by atoms with E-state index in [1.807, 2.05) is 63.1 Å². The zero-order valence-corrected chi connectivity index (χ0v) is 44.3. The molecule has 1 aliphatic carbocycles. The quantitative estimate of drug-likeness (QED) is 0.0906. The van der Waals surface area contributed by atoms with Gasteiger partial charge in [0.25, 0.3) is 0 Å². The number of methoxy groups -OCH3 is 2. The second-order valence-corrected chi connectivity index (χ2v) is 22.7. The number of carbonyl (C=O) groups excluding carboxylic acids is 4. The highest BCUT2D eigenvalue weighted by atomic mass is 32.1. The largest absolute Gasteiger partial charge is 0.464 e. The number of thiazole rings is 1. The number of likely N-dealkylation sites (tertiary alicyclic amines) is 2. The number of ether oxygens (including phenoxy) is 4. The minimum atomic E-state index is -0.799. The van der Waals surface area contributed by atoms with E-state index >= 15 is 4.39 Å². The van der Waals surface area contributed by atoms with Gasteiger partial charge in [0.1, 0.15) is 35.3 Å². The summed E-state index contributed by atoms with van der Waals surface area (Å²) in [5.41, 5.74) is 4.55. The van der Waals surface area contributed by atoms with E-state index in [-0.39, 0.29) is 59.9 Å². The Hall–Kier alpha value is -6.80. The summed E-state index contributed by atoms with van der Waals surface area (Å²) < 4.78 is 41.8. The summed E-state index contributed by atoms with van der Waals surface area (Å²) in [7, 11) is 2.57. The fraction of sp³-hybridized carbons (Fsp3) is 0.509. The SMILES string of the molecule is COC(=O)NC(C(=O)N1[C@H](C)[C@H](C)C[C@H]1c1ncc(-c2ccc3c(c2)cc2n3C(c3cnc(C4CC4)s3)Oc3cc(-c4cnc([C@@H]5CCCN5C(=O)[C@@H](NC(=O)OC)C(C)C)[nH]4)cc(F)c3-2)[nH]1)C1C[C@@H](C)O[C@@H](C)C1. The predicted octanol–water partition coefficient (Wildman–Crippen LogP) is 9.77. The van der Waals surface area contributed by atoms with Crippen molar-refractivity contribution >= 4 is 46.2 Å². The lowest BCUT2D eigenvalue weighted by Gasteiger charge is -2.39. The minimum Gasteiger partial charge on any atom is -0.464 e. The molecule has 0 bridgehead atoms. The van der Waals surface area contributed by atoms with Gasteiger partial charge in [-0.2, -0.15) is 0 Å². The van der Waals surface area contributed by atoms with Gasteiger partial charge < -0.3 is 49.3 Å². The number of fused-ring (bicyclic) bond motifs is 5. The standard InChI is InChI=1S/C55H65FN10O8S/c1-26(2)46(62-54(69)71-7)51(67)64-15-9-10-40(64)48-57-24-38(61-48)33-20-36(56)45-41-21-34-19-32(13-14-39(34)66(41)53(74-43(45)22-33)44-25-59-50(75-44)31-11-12-31)37-23-58-49(60-37)42-16-27(3)30(6)65(42)52(68)47(63-55(70)72-8)35-17-28(4)73-29(5)18-35/h13-14,19-31,35,40,42,46-47,53H,9-12,15-18H2,1-8H3,(H,57,61)(H,58,60)(H,62,69)(H,63,70)/t27-,28-,29+,30-,35?,40+,42+,46+,47?,53?/m1/s1. The van der Waals surface area contributed by atoms with E-state index in [9.17, 15) is 19.2 Å². The molecule has 4 fully saturated rings. The number of amides is 4. The van der Waals surface area contributed by atoms with Gasteiger partial charge in [-0.05, 0) is 114 Å². The maximum absolute atomic E-state index is 17.0. The van der Waals surface area contributed by atoms with Crippen LogP contribution in [0.25, 0.3) is 44.7 Å². The summed E-state index contributed by atoms with van der Waals surface area (Å²) in [5.74, 6) is 1.01. The first-order valence-corrected chi connectivity index (χ1v) is 27.1. The fourth-order valence-corrected chi connectivity index (χ4v) is 13.1. The van der Waals surface area contributed by atoms with Crippen molar-refractivity contribution in [2.75, 3.05) is 20.8 Å². The summed E-state index contributed by atoms with van der Waals surface area (Å²) in [6.45, 7) is 12.4. The van der Waals surface area contributed by atoms with Gasteiger partial charge in [0, 0.05) is 41.2 Å². The number of halogens is 1. The molecule has 11 rings (SSSR count). The van der Waals surface area contributed by atoms with Crippen LogP contribution in [0.4, 0.5) is 14.0 Å². The molecule has 396 valence electrons. The van der Waals surface area contributed by atoms with Crippen molar-refractivity contribution in [1.82, 2.24) is 49.9 Å². The van der Waals surface area contributed by atoms with Crippen LogP contribution in [0.15, 0.2) is 55.0 Å². The van der Waals surface area contributed by atoms with Crippen LogP contribution in [0.3, 0.4) is 0 Å². The number of H-pyrrole nitrogens is 2. The van der Waals surface area contributed by atoms with Crippen LogP contribution in [-0.4, -0.2) is 114 Å². The Morgan fingerprint density at radius 2 is 1.51 bits per heavy atom. The number of imidazole rings is 2. The third-order valence-corrected chi connectivity index (χ3v) is 17.3. The van der Waals surface area contributed by atoms with Gasteiger partial charge in [-0.3, -0.25) is 14.2 Å². The first-order valence-electron chi connectivity index (χ1n) is 26.3. The summed E-state index contributed by atoms with van der Waals surface area (Å²) in [6, 6.07) is 9.01. The molecule has 5 aliphatic rings. The molecular weight excluding hydrogens is 980 g/mol. The molecule has 0 radical (unpaired) electrons. The molecule has 1 saturated carbocycles. The normalized spacial score (nSPS) is 25.1. The van der Waals surface area contributed by atoms with Crippen molar-refractivity contribution in [2.45, 2.75) is 141 Å². The zero-order valence-electron chi connectivity index (χ0n) is 43.5. The van der Waals surface area contributed by atoms with Gasteiger partial charge in [-0.1, -0.05) is 26.8 Å². The summed E-state index contributed by atoms with van der Waals surface area (Å²) in [6.07, 6.45) is 8.79. The van der Waals surface area contributed by atoms with E-state index in [2.05, 4.69) is 45.1 Å². The predicted molar refractivity (Wildman–Crippen MR) is 278 cm³/mol. The van der Waals surface area contributed by atoms with Crippen molar-refractivity contribution in [1.29, 1.82) is 0 Å². The molecular formula is C55H65FN10O8S. The van der Waals surface area contributed by atoms with Crippen LogP contribution >= 0.6 is 11.3 Å². The van der Waals surface area contributed by atoms with Crippen LogP contribution < -0.4 is 15.4 Å². The van der Waals surface area contributed by atoms with E-state index in [4.69, 9.17) is 33.9 Å². The second-order valence-electron chi connectivity index (χ2n) is 21.6. The average Bonchev–Trinajstić information content (AvgIpc) is 4.08. The van der Waals surface area contributed by atoms with Crippen molar-refractivity contribution in [2.24, 2.45) is 17.8 Å². The van der Waals surface area contributed by atoms with Crippen molar-refractivity contribution < 1.29 is 42.5 Å². The Kier molecular flexibility index (Phi) is 13.5. The Bertz CT molecular complexity index is 3150. The smallest absolute Gasteiger partial charge is 0.407 e. The monoisotopic (exact) mass is 1040 g/mol. The first kappa shape index (κ1) is 50.4. The summed E-state index contributed by atoms with van der Waals surface area (Å²) in [5, 5.41) is 7.52. The van der Waals surface area contributed by atoms with Crippen molar-refractivity contribution in [3.63, 3.8) is 0 Å². The Morgan fingerprint density at radius 3 is 2.20 bits per heavy atom. The van der Waals surface area contributed by atoms with Crippen LogP contribution in [0, 0.1) is 23.6 Å². The molecule has 18 nitrogen and oxygen atoms in total. The van der Waals surface area contributed by atoms with E-state index in [1.165, 1.54) is 20.3 Å². The molecule has 0 spiro atoms. The number of benzene rings is 2. The average molecular weight is 1050 g/mol. The molecule has 4 aromatic heterocycles. The Labute approximate surface area is 438 Å². The lowest BCUT2D eigenvalue weighted by molar-refractivity contribution is -0.140. The third-order valence-electron chi connectivity index (χ3n) is 16.1. The lowest BCUT2D eigenvalue weighted by atomic mass is 9.85. The number of hydrogen-bond donors (Lipinski definition) is 4. The molecule has 2 aromatic carbocycles.